The molecule has 0 spiro atoms. The summed E-state index contributed by atoms with van der Waals surface area (Å²) in [5.41, 5.74) is 2.64. The zero-order valence-electron chi connectivity index (χ0n) is 9.28. The summed E-state index contributed by atoms with van der Waals surface area (Å²) in [5.74, 6) is -0.790. The molecule has 1 aromatic rings. The van der Waals surface area contributed by atoms with Crippen LogP contribution < -0.4 is 5.32 Å². The Kier molecular flexibility index (Phi) is 3.57. The van der Waals surface area contributed by atoms with Gasteiger partial charge in [-0.15, -0.1) is 0 Å². The van der Waals surface area contributed by atoms with Gasteiger partial charge in [-0.3, -0.25) is 4.79 Å². The molecule has 1 atom stereocenters. The molecule has 0 saturated heterocycles. The van der Waals surface area contributed by atoms with Crippen molar-refractivity contribution in [3.8, 4) is 0 Å². The van der Waals surface area contributed by atoms with Crippen LogP contribution in [0.4, 0.5) is 0 Å². The Hall–Kier alpha value is -1.35. The lowest BCUT2D eigenvalue weighted by molar-refractivity contribution is -0.136. The molecule has 0 aliphatic heterocycles. The SMILES string of the molecule is O=C(O)CNC1CCCCc2ccccc21. The molecule has 3 nitrogen and oxygen atoms in total. The lowest BCUT2D eigenvalue weighted by Gasteiger charge is -2.18. The van der Waals surface area contributed by atoms with Gasteiger partial charge in [0.1, 0.15) is 0 Å². The maximum absolute atomic E-state index is 10.6. The molecule has 0 fully saturated rings. The predicted octanol–water partition coefficient (Wildman–Crippen LogP) is 2.13. The normalized spacial score (nSPS) is 19.9. The molecule has 0 bridgehead atoms. The maximum atomic E-state index is 10.6. The average molecular weight is 219 g/mol. The minimum atomic E-state index is -0.790. The van der Waals surface area contributed by atoms with Crippen LogP contribution in [0.5, 0.6) is 0 Å². The highest BCUT2D eigenvalue weighted by atomic mass is 16.4. The number of rotatable bonds is 3. The summed E-state index contributed by atoms with van der Waals surface area (Å²) in [6, 6.07) is 8.55. The minimum absolute atomic E-state index is 0.0407. The van der Waals surface area contributed by atoms with E-state index in [1.807, 2.05) is 6.07 Å². The third-order valence-corrected chi connectivity index (χ3v) is 3.12. The highest BCUT2D eigenvalue weighted by Gasteiger charge is 2.18. The number of hydrogen-bond donors (Lipinski definition) is 2. The fourth-order valence-electron chi connectivity index (χ4n) is 2.34. The third-order valence-electron chi connectivity index (χ3n) is 3.12. The van der Waals surface area contributed by atoms with Crippen molar-refractivity contribution in [1.29, 1.82) is 0 Å². The second kappa shape index (κ2) is 5.12. The zero-order valence-corrected chi connectivity index (χ0v) is 9.28. The Morgan fingerprint density at radius 2 is 2.19 bits per heavy atom. The summed E-state index contributed by atoms with van der Waals surface area (Å²) in [7, 11) is 0. The van der Waals surface area contributed by atoms with Crippen molar-refractivity contribution < 1.29 is 9.90 Å². The smallest absolute Gasteiger partial charge is 0.317 e. The molecule has 2 rings (SSSR count). The van der Waals surface area contributed by atoms with Gasteiger partial charge in [-0.2, -0.15) is 0 Å². The van der Waals surface area contributed by atoms with Crippen LogP contribution in [-0.2, 0) is 11.2 Å². The Morgan fingerprint density at radius 1 is 1.38 bits per heavy atom. The van der Waals surface area contributed by atoms with Gasteiger partial charge in [0.15, 0.2) is 0 Å². The molecule has 1 aromatic carbocycles. The fourth-order valence-corrected chi connectivity index (χ4v) is 2.34. The highest BCUT2D eigenvalue weighted by molar-refractivity contribution is 5.69. The largest absolute Gasteiger partial charge is 0.480 e. The van der Waals surface area contributed by atoms with E-state index in [0.717, 1.165) is 19.3 Å². The second-order valence-electron chi connectivity index (χ2n) is 4.27. The number of aliphatic carboxylic acids is 1. The topological polar surface area (TPSA) is 49.3 Å². The van der Waals surface area contributed by atoms with Crippen molar-refractivity contribution in [2.24, 2.45) is 0 Å². The number of carboxylic acids is 1. The molecule has 86 valence electrons. The van der Waals surface area contributed by atoms with Crippen molar-refractivity contribution >= 4 is 5.97 Å². The van der Waals surface area contributed by atoms with Crippen molar-refractivity contribution in [2.45, 2.75) is 31.7 Å². The summed E-state index contributed by atoms with van der Waals surface area (Å²) in [4.78, 5) is 10.6. The van der Waals surface area contributed by atoms with Gasteiger partial charge in [-0.1, -0.05) is 30.7 Å². The molecule has 16 heavy (non-hydrogen) atoms. The first-order chi connectivity index (χ1) is 7.77. The lowest BCUT2D eigenvalue weighted by atomic mass is 9.99. The first-order valence-electron chi connectivity index (χ1n) is 5.80. The first kappa shape index (κ1) is 11.1. The summed E-state index contributed by atoms with van der Waals surface area (Å²) >= 11 is 0. The molecule has 1 unspecified atom stereocenters. The number of carboxylic acid groups (broad SMARTS) is 1. The van der Waals surface area contributed by atoms with Gasteiger partial charge in [0.25, 0.3) is 0 Å². The van der Waals surface area contributed by atoms with E-state index >= 15 is 0 Å². The molecule has 2 N–H and O–H groups in total. The Morgan fingerprint density at radius 3 is 3.00 bits per heavy atom. The lowest BCUT2D eigenvalue weighted by Crippen LogP contribution is -2.27. The first-order valence-corrected chi connectivity index (χ1v) is 5.80. The minimum Gasteiger partial charge on any atom is -0.480 e. The Bertz CT molecular complexity index is 376. The van der Waals surface area contributed by atoms with Crippen molar-refractivity contribution in [3.63, 3.8) is 0 Å². The number of hydrogen-bond acceptors (Lipinski definition) is 2. The molecule has 1 aliphatic carbocycles. The molecule has 3 heteroatoms. The maximum Gasteiger partial charge on any atom is 0.317 e. The van der Waals surface area contributed by atoms with E-state index in [4.69, 9.17) is 5.11 Å². The summed E-state index contributed by atoms with van der Waals surface area (Å²) < 4.78 is 0. The number of fused-ring (bicyclic) bond motifs is 1. The molecule has 1 aliphatic rings. The number of carbonyl (C=O) groups is 1. The van der Waals surface area contributed by atoms with Crippen LogP contribution in [0.2, 0.25) is 0 Å². The van der Waals surface area contributed by atoms with E-state index in [9.17, 15) is 4.79 Å². The van der Waals surface area contributed by atoms with Crippen LogP contribution in [0.3, 0.4) is 0 Å². The molecule has 0 heterocycles. The summed E-state index contributed by atoms with van der Waals surface area (Å²) in [6.45, 7) is 0.0407. The van der Waals surface area contributed by atoms with Gasteiger partial charge in [-0.25, -0.2) is 0 Å². The van der Waals surface area contributed by atoms with Crippen molar-refractivity contribution in [3.05, 3.63) is 35.4 Å². The van der Waals surface area contributed by atoms with Crippen LogP contribution in [0.15, 0.2) is 24.3 Å². The van der Waals surface area contributed by atoms with E-state index in [1.54, 1.807) is 0 Å². The fraction of sp³-hybridized carbons (Fsp3) is 0.462. The summed E-state index contributed by atoms with van der Waals surface area (Å²) in [6.07, 6.45) is 4.50. The van der Waals surface area contributed by atoms with Crippen LogP contribution in [0.1, 0.15) is 36.4 Å². The van der Waals surface area contributed by atoms with Gasteiger partial charge >= 0.3 is 5.97 Å². The van der Waals surface area contributed by atoms with Crippen molar-refractivity contribution in [2.75, 3.05) is 6.54 Å². The Labute approximate surface area is 95.5 Å². The molecule has 0 aromatic heterocycles. The average Bonchev–Trinajstić information content (AvgIpc) is 2.48. The van der Waals surface area contributed by atoms with Crippen LogP contribution >= 0.6 is 0 Å². The predicted molar refractivity (Wildman–Crippen MR) is 62.4 cm³/mol. The van der Waals surface area contributed by atoms with Gasteiger partial charge in [0.2, 0.25) is 0 Å². The van der Waals surface area contributed by atoms with E-state index < -0.39 is 5.97 Å². The van der Waals surface area contributed by atoms with Crippen LogP contribution in [0, 0.1) is 0 Å². The Balaban J connectivity index is 2.15. The summed E-state index contributed by atoms with van der Waals surface area (Å²) in [5, 5.41) is 11.8. The van der Waals surface area contributed by atoms with Gasteiger partial charge in [-0.05, 0) is 30.4 Å². The van der Waals surface area contributed by atoms with Crippen LogP contribution in [0.25, 0.3) is 0 Å². The van der Waals surface area contributed by atoms with Crippen molar-refractivity contribution in [1.82, 2.24) is 5.32 Å². The van der Waals surface area contributed by atoms with E-state index in [-0.39, 0.29) is 12.6 Å². The molecular weight excluding hydrogens is 202 g/mol. The van der Waals surface area contributed by atoms with Gasteiger partial charge in [0, 0.05) is 6.04 Å². The van der Waals surface area contributed by atoms with E-state index in [1.165, 1.54) is 17.5 Å². The number of nitrogens with one attached hydrogen (secondary N) is 1. The van der Waals surface area contributed by atoms with E-state index in [2.05, 4.69) is 23.5 Å². The van der Waals surface area contributed by atoms with Gasteiger partial charge < -0.3 is 10.4 Å². The zero-order chi connectivity index (χ0) is 11.4. The standard InChI is InChI=1S/C13H17NO2/c15-13(16)9-14-12-8-4-2-6-10-5-1-3-7-11(10)12/h1,3,5,7,12,14H,2,4,6,8-9H2,(H,15,16). The monoisotopic (exact) mass is 219 g/mol. The molecule has 0 amide bonds. The number of benzene rings is 1. The van der Waals surface area contributed by atoms with Gasteiger partial charge in [0.05, 0.1) is 6.54 Å². The van der Waals surface area contributed by atoms with E-state index in [0.29, 0.717) is 0 Å². The molecule has 0 saturated carbocycles. The number of aryl methyl sites for hydroxylation is 1. The second-order valence-corrected chi connectivity index (χ2v) is 4.27. The highest BCUT2D eigenvalue weighted by Crippen LogP contribution is 2.28. The quantitative estimate of drug-likeness (QED) is 0.766. The third kappa shape index (κ3) is 2.61. The molecular formula is C13H17NO2. The molecule has 0 radical (unpaired) electrons. The van der Waals surface area contributed by atoms with Crippen LogP contribution in [-0.4, -0.2) is 17.6 Å².